The molecule has 0 aliphatic rings. The van der Waals surface area contributed by atoms with Gasteiger partial charge in [-0.3, -0.25) is 4.99 Å². The molecule has 0 aliphatic carbocycles. The second kappa shape index (κ2) is 12.3. The fraction of sp³-hybridized carbons (Fsp3) is 0.389. The normalized spacial score (nSPS) is 12.3. The summed E-state index contributed by atoms with van der Waals surface area (Å²) < 4.78 is 0. The number of aliphatic hydroxyl groups is 1. The second-order valence-corrected chi connectivity index (χ2v) is 6.10. The molecular weight excluding hydrogens is 433 g/mol. The summed E-state index contributed by atoms with van der Waals surface area (Å²) in [7, 11) is 0. The Balaban J connectivity index is 0.00000288. The van der Waals surface area contributed by atoms with E-state index in [2.05, 4.69) is 39.4 Å². The van der Waals surface area contributed by atoms with Crippen LogP contribution < -0.4 is 10.6 Å². The molecule has 1 aromatic heterocycles. The first-order valence-corrected chi connectivity index (χ1v) is 8.96. The van der Waals surface area contributed by atoms with Crippen molar-refractivity contribution in [3.05, 3.63) is 58.3 Å². The number of aliphatic hydroxyl groups excluding tert-OH is 1. The van der Waals surface area contributed by atoms with E-state index in [0.29, 0.717) is 6.54 Å². The molecule has 0 radical (unpaired) electrons. The highest BCUT2D eigenvalue weighted by molar-refractivity contribution is 14.0. The van der Waals surface area contributed by atoms with Crippen molar-refractivity contribution in [2.75, 3.05) is 26.2 Å². The minimum Gasteiger partial charge on any atom is -0.396 e. The van der Waals surface area contributed by atoms with Crippen molar-refractivity contribution in [2.24, 2.45) is 4.99 Å². The van der Waals surface area contributed by atoms with Gasteiger partial charge in [0.1, 0.15) is 0 Å². The number of benzene rings is 1. The molecule has 2 rings (SSSR count). The van der Waals surface area contributed by atoms with Gasteiger partial charge in [-0.1, -0.05) is 30.3 Å². The molecule has 4 nitrogen and oxygen atoms in total. The molecule has 24 heavy (non-hydrogen) atoms. The van der Waals surface area contributed by atoms with Gasteiger partial charge in [0.2, 0.25) is 0 Å². The van der Waals surface area contributed by atoms with E-state index in [1.54, 1.807) is 11.3 Å². The molecule has 1 heterocycles. The smallest absolute Gasteiger partial charge is 0.191 e. The van der Waals surface area contributed by atoms with Crippen LogP contribution in [0.2, 0.25) is 0 Å². The predicted molar refractivity (Wildman–Crippen MR) is 114 cm³/mol. The van der Waals surface area contributed by atoms with Gasteiger partial charge in [0.05, 0.1) is 13.2 Å². The summed E-state index contributed by atoms with van der Waals surface area (Å²) in [6.45, 7) is 4.38. The number of nitrogens with one attached hydrogen (secondary N) is 2. The monoisotopic (exact) mass is 459 g/mol. The number of thiophene rings is 1. The summed E-state index contributed by atoms with van der Waals surface area (Å²) in [4.78, 5) is 4.62. The SMILES string of the molecule is CCNC(=NCC(CO)c1ccccc1)NCCc1ccsc1.I. The van der Waals surface area contributed by atoms with Crippen molar-refractivity contribution >= 4 is 41.3 Å². The number of guanidine groups is 1. The summed E-state index contributed by atoms with van der Waals surface area (Å²) in [5, 5.41) is 20.5. The van der Waals surface area contributed by atoms with Gasteiger partial charge in [0.25, 0.3) is 0 Å². The third-order valence-electron chi connectivity index (χ3n) is 3.59. The van der Waals surface area contributed by atoms with Crippen LogP contribution in [0.5, 0.6) is 0 Å². The van der Waals surface area contributed by atoms with Gasteiger partial charge in [-0.15, -0.1) is 24.0 Å². The molecule has 3 N–H and O–H groups in total. The zero-order valence-electron chi connectivity index (χ0n) is 13.9. The molecule has 0 aliphatic heterocycles. The van der Waals surface area contributed by atoms with Gasteiger partial charge >= 0.3 is 0 Å². The number of aliphatic imine (C=N–C) groups is 1. The van der Waals surface area contributed by atoms with Crippen LogP contribution in [0.15, 0.2) is 52.2 Å². The Morgan fingerprint density at radius 2 is 2.00 bits per heavy atom. The first-order valence-electron chi connectivity index (χ1n) is 8.02. The molecular formula is C18H26IN3OS. The average Bonchev–Trinajstić information content (AvgIpc) is 3.10. The van der Waals surface area contributed by atoms with E-state index in [-0.39, 0.29) is 36.5 Å². The van der Waals surface area contributed by atoms with Gasteiger partial charge in [-0.05, 0) is 41.3 Å². The van der Waals surface area contributed by atoms with E-state index in [1.807, 2.05) is 30.3 Å². The lowest BCUT2D eigenvalue weighted by Crippen LogP contribution is -2.38. The second-order valence-electron chi connectivity index (χ2n) is 5.32. The van der Waals surface area contributed by atoms with Crippen molar-refractivity contribution in [3.8, 4) is 0 Å². The minimum atomic E-state index is 0. The van der Waals surface area contributed by atoms with E-state index >= 15 is 0 Å². The molecule has 0 fully saturated rings. The maximum Gasteiger partial charge on any atom is 0.191 e. The number of halogens is 1. The Morgan fingerprint density at radius 1 is 1.21 bits per heavy atom. The van der Waals surface area contributed by atoms with Crippen LogP contribution in [-0.4, -0.2) is 37.3 Å². The first kappa shape index (κ1) is 20.9. The number of hydrogen-bond donors (Lipinski definition) is 3. The van der Waals surface area contributed by atoms with Crippen molar-refractivity contribution < 1.29 is 5.11 Å². The molecule has 1 unspecified atom stereocenters. The van der Waals surface area contributed by atoms with E-state index in [4.69, 9.17) is 0 Å². The molecule has 2 aromatic rings. The predicted octanol–water partition coefficient (Wildman–Crippen LogP) is 3.24. The Bertz CT molecular complexity index is 575. The number of hydrogen-bond acceptors (Lipinski definition) is 3. The van der Waals surface area contributed by atoms with Crippen LogP contribution in [0.3, 0.4) is 0 Å². The molecule has 0 amide bonds. The number of nitrogens with zero attached hydrogens (tertiary/aromatic N) is 1. The van der Waals surface area contributed by atoms with E-state index < -0.39 is 0 Å². The van der Waals surface area contributed by atoms with Gasteiger partial charge in [-0.2, -0.15) is 11.3 Å². The van der Waals surface area contributed by atoms with Crippen molar-refractivity contribution in [1.82, 2.24) is 10.6 Å². The minimum absolute atomic E-state index is 0. The molecule has 0 spiro atoms. The maximum atomic E-state index is 9.61. The van der Waals surface area contributed by atoms with Gasteiger partial charge in [-0.25, -0.2) is 0 Å². The highest BCUT2D eigenvalue weighted by atomic mass is 127. The molecule has 0 saturated carbocycles. The number of rotatable bonds is 8. The topological polar surface area (TPSA) is 56.7 Å². The molecule has 1 aromatic carbocycles. The molecule has 6 heteroatoms. The molecule has 1 atom stereocenters. The maximum absolute atomic E-state index is 9.61. The quantitative estimate of drug-likeness (QED) is 0.323. The van der Waals surface area contributed by atoms with Gasteiger partial charge < -0.3 is 15.7 Å². The first-order chi connectivity index (χ1) is 11.3. The Kier molecular flexibility index (Phi) is 10.7. The van der Waals surface area contributed by atoms with E-state index in [1.165, 1.54) is 5.56 Å². The van der Waals surface area contributed by atoms with E-state index in [0.717, 1.165) is 31.0 Å². The molecule has 0 saturated heterocycles. The van der Waals surface area contributed by atoms with Crippen LogP contribution in [0.25, 0.3) is 0 Å². The third-order valence-corrected chi connectivity index (χ3v) is 4.32. The van der Waals surface area contributed by atoms with Gasteiger partial charge in [0.15, 0.2) is 5.96 Å². The summed E-state index contributed by atoms with van der Waals surface area (Å²) in [6.07, 6.45) is 0.982. The van der Waals surface area contributed by atoms with Crippen molar-refractivity contribution in [1.29, 1.82) is 0 Å². The Hall–Kier alpha value is -1.12. The fourth-order valence-electron chi connectivity index (χ4n) is 2.30. The highest BCUT2D eigenvalue weighted by Crippen LogP contribution is 2.14. The Labute approximate surface area is 165 Å². The third kappa shape index (κ3) is 7.19. The van der Waals surface area contributed by atoms with Crippen LogP contribution in [0, 0.1) is 0 Å². The molecule has 0 bridgehead atoms. The zero-order chi connectivity index (χ0) is 16.3. The van der Waals surface area contributed by atoms with Crippen LogP contribution in [-0.2, 0) is 6.42 Å². The van der Waals surface area contributed by atoms with Gasteiger partial charge in [0, 0.05) is 19.0 Å². The lowest BCUT2D eigenvalue weighted by Gasteiger charge is -2.15. The van der Waals surface area contributed by atoms with Crippen molar-refractivity contribution in [2.45, 2.75) is 19.3 Å². The van der Waals surface area contributed by atoms with Crippen molar-refractivity contribution in [3.63, 3.8) is 0 Å². The zero-order valence-corrected chi connectivity index (χ0v) is 17.1. The summed E-state index contributed by atoms with van der Waals surface area (Å²) in [6, 6.07) is 12.2. The highest BCUT2D eigenvalue weighted by Gasteiger charge is 2.09. The fourth-order valence-corrected chi connectivity index (χ4v) is 3.00. The lowest BCUT2D eigenvalue weighted by atomic mass is 10.0. The van der Waals surface area contributed by atoms with Crippen LogP contribution in [0.4, 0.5) is 0 Å². The molecule has 132 valence electrons. The summed E-state index contributed by atoms with van der Waals surface area (Å²) in [5.41, 5.74) is 2.46. The van der Waals surface area contributed by atoms with Crippen LogP contribution in [0.1, 0.15) is 24.0 Å². The Morgan fingerprint density at radius 3 is 2.62 bits per heavy atom. The summed E-state index contributed by atoms with van der Waals surface area (Å²) >= 11 is 1.72. The average molecular weight is 459 g/mol. The van der Waals surface area contributed by atoms with E-state index in [9.17, 15) is 5.11 Å². The summed E-state index contributed by atoms with van der Waals surface area (Å²) in [5.74, 6) is 0.834. The lowest BCUT2D eigenvalue weighted by molar-refractivity contribution is 0.268. The largest absolute Gasteiger partial charge is 0.396 e. The van der Waals surface area contributed by atoms with Crippen LogP contribution >= 0.6 is 35.3 Å². The standard InChI is InChI=1S/C18H25N3OS.HI/c1-2-19-18(20-10-8-15-9-11-23-14-15)21-12-17(13-22)16-6-4-3-5-7-16;/h3-7,9,11,14,17,22H,2,8,10,12-13H2,1H3,(H2,19,20,21);1H.